The summed E-state index contributed by atoms with van der Waals surface area (Å²) in [5, 5.41) is 11.8. The van der Waals surface area contributed by atoms with Crippen molar-refractivity contribution in [2.75, 3.05) is 0 Å². The molecule has 6 heteroatoms. The zero-order chi connectivity index (χ0) is 13.9. The predicted octanol–water partition coefficient (Wildman–Crippen LogP) is 2.83. The van der Waals surface area contributed by atoms with Gasteiger partial charge in [0, 0.05) is 0 Å². The van der Waals surface area contributed by atoms with E-state index in [0.717, 1.165) is 0 Å². The maximum atomic E-state index is 12.0. The number of aliphatic carboxylic acids is 1. The van der Waals surface area contributed by atoms with Crippen LogP contribution < -0.4 is 5.32 Å². The second kappa shape index (κ2) is 6.07. The highest BCUT2D eigenvalue weighted by atomic mass is 35.5. The van der Waals surface area contributed by atoms with E-state index in [1.54, 1.807) is 19.9 Å². The van der Waals surface area contributed by atoms with Crippen molar-refractivity contribution in [3.63, 3.8) is 0 Å². The lowest BCUT2D eigenvalue weighted by Crippen LogP contribution is -2.44. The molecule has 1 atom stereocenters. The topological polar surface area (TPSA) is 66.4 Å². The fourth-order valence-corrected chi connectivity index (χ4v) is 2.01. The number of nitrogens with one attached hydrogen (secondary N) is 1. The highest BCUT2D eigenvalue weighted by molar-refractivity contribution is 6.39. The molecule has 0 radical (unpaired) electrons. The first kappa shape index (κ1) is 14.8. The van der Waals surface area contributed by atoms with Crippen molar-refractivity contribution < 1.29 is 14.7 Å². The second-order valence-electron chi connectivity index (χ2n) is 4.13. The zero-order valence-corrected chi connectivity index (χ0v) is 11.4. The van der Waals surface area contributed by atoms with E-state index in [2.05, 4.69) is 5.32 Å². The van der Waals surface area contributed by atoms with E-state index in [1.165, 1.54) is 12.1 Å². The first-order chi connectivity index (χ1) is 8.34. The lowest BCUT2D eigenvalue weighted by atomic mass is 10.0. The molecule has 1 amide bonds. The van der Waals surface area contributed by atoms with Crippen molar-refractivity contribution in [3.05, 3.63) is 33.8 Å². The van der Waals surface area contributed by atoms with Crippen molar-refractivity contribution >= 4 is 35.1 Å². The molecule has 0 aliphatic carbocycles. The molecular weight excluding hydrogens is 277 g/mol. The van der Waals surface area contributed by atoms with Crippen LogP contribution in [0.2, 0.25) is 10.0 Å². The molecule has 0 aliphatic heterocycles. The summed E-state index contributed by atoms with van der Waals surface area (Å²) < 4.78 is 0. The van der Waals surface area contributed by atoms with Gasteiger partial charge in [-0.05, 0) is 18.1 Å². The molecule has 18 heavy (non-hydrogen) atoms. The lowest BCUT2D eigenvalue weighted by molar-refractivity contribution is -0.140. The smallest absolute Gasteiger partial charge is 0.326 e. The Balaban J connectivity index is 2.98. The Hall–Kier alpha value is -1.26. The number of carboxylic acids is 1. The largest absolute Gasteiger partial charge is 0.480 e. The van der Waals surface area contributed by atoms with Gasteiger partial charge >= 0.3 is 5.97 Å². The summed E-state index contributed by atoms with van der Waals surface area (Å²) in [6.45, 7) is 3.40. The summed E-state index contributed by atoms with van der Waals surface area (Å²) in [6.07, 6.45) is 0. The first-order valence-electron chi connectivity index (χ1n) is 5.32. The van der Waals surface area contributed by atoms with Crippen LogP contribution in [-0.4, -0.2) is 23.0 Å². The van der Waals surface area contributed by atoms with Gasteiger partial charge in [-0.1, -0.05) is 43.1 Å². The molecule has 2 N–H and O–H groups in total. The third-order valence-electron chi connectivity index (χ3n) is 2.41. The molecule has 0 spiro atoms. The number of rotatable bonds is 4. The van der Waals surface area contributed by atoms with Crippen LogP contribution in [0, 0.1) is 5.92 Å². The minimum absolute atomic E-state index is 0.0905. The van der Waals surface area contributed by atoms with Gasteiger partial charge in [0.25, 0.3) is 5.91 Å². The second-order valence-corrected chi connectivity index (χ2v) is 4.94. The average Bonchev–Trinajstić information content (AvgIpc) is 2.24. The van der Waals surface area contributed by atoms with Crippen LogP contribution in [0.25, 0.3) is 0 Å². The fourth-order valence-electron chi connectivity index (χ4n) is 1.44. The third kappa shape index (κ3) is 3.37. The van der Waals surface area contributed by atoms with Gasteiger partial charge in [-0.3, -0.25) is 4.79 Å². The van der Waals surface area contributed by atoms with Crippen LogP contribution in [-0.2, 0) is 4.79 Å². The molecule has 0 fully saturated rings. The molecule has 0 saturated heterocycles. The van der Waals surface area contributed by atoms with Crippen LogP contribution in [0.15, 0.2) is 18.2 Å². The Kier molecular flexibility index (Phi) is 4.99. The molecule has 4 nitrogen and oxygen atoms in total. The Morgan fingerprint density at radius 1 is 1.22 bits per heavy atom. The van der Waals surface area contributed by atoms with E-state index < -0.39 is 17.9 Å². The SMILES string of the molecule is CC(C)[C@H](NC(=O)c1c(Cl)cccc1Cl)C(=O)O. The minimum Gasteiger partial charge on any atom is -0.480 e. The highest BCUT2D eigenvalue weighted by Crippen LogP contribution is 2.24. The number of halogens is 2. The number of hydrogen-bond donors (Lipinski definition) is 2. The molecular formula is C12H13Cl2NO3. The Bertz CT molecular complexity index is 454. The maximum absolute atomic E-state index is 12.0. The van der Waals surface area contributed by atoms with E-state index >= 15 is 0 Å². The molecule has 0 heterocycles. The molecule has 1 rings (SSSR count). The van der Waals surface area contributed by atoms with Gasteiger partial charge in [-0.25, -0.2) is 4.79 Å². The quantitative estimate of drug-likeness (QED) is 0.896. The van der Waals surface area contributed by atoms with Crippen molar-refractivity contribution in [2.45, 2.75) is 19.9 Å². The normalized spacial score (nSPS) is 12.3. The molecule has 1 aromatic rings. The summed E-state index contributed by atoms with van der Waals surface area (Å²) in [5.41, 5.74) is 0.0905. The number of hydrogen-bond acceptors (Lipinski definition) is 2. The lowest BCUT2D eigenvalue weighted by Gasteiger charge is -2.18. The Labute approximate surface area is 115 Å². The number of benzene rings is 1. The zero-order valence-electron chi connectivity index (χ0n) is 9.91. The molecule has 0 aliphatic rings. The maximum Gasteiger partial charge on any atom is 0.326 e. The fraction of sp³-hybridized carbons (Fsp3) is 0.333. The molecule has 98 valence electrons. The standard InChI is InChI=1S/C12H13Cl2NO3/c1-6(2)10(12(17)18)15-11(16)9-7(13)4-3-5-8(9)14/h3-6,10H,1-2H3,(H,15,16)(H,17,18)/t10-/m0/s1. The van der Waals surface area contributed by atoms with Crippen molar-refractivity contribution in [2.24, 2.45) is 5.92 Å². The summed E-state index contributed by atoms with van der Waals surface area (Å²) in [5.74, 6) is -1.93. The van der Waals surface area contributed by atoms with Crippen molar-refractivity contribution in [1.29, 1.82) is 0 Å². The van der Waals surface area contributed by atoms with Crippen molar-refractivity contribution in [3.8, 4) is 0 Å². The van der Waals surface area contributed by atoms with Gasteiger partial charge in [0.15, 0.2) is 0 Å². The van der Waals surface area contributed by atoms with Crippen LogP contribution in [0.1, 0.15) is 24.2 Å². The summed E-state index contributed by atoms with van der Waals surface area (Å²) >= 11 is 11.7. The predicted molar refractivity (Wildman–Crippen MR) is 70.2 cm³/mol. The minimum atomic E-state index is -1.10. The highest BCUT2D eigenvalue weighted by Gasteiger charge is 2.25. The van der Waals surface area contributed by atoms with Gasteiger partial charge in [-0.2, -0.15) is 0 Å². The van der Waals surface area contributed by atoms with Crippen LogP contribution in [0.3, 0.4) is 0 Å². The summed E-state index contributed by atoms with van der Waals surface area (Å²) in [7, 11) is 0. The number of amides is 1. The molecule has 1 aromatic carbocycles. The summed E-state index contributed by atoms with van der Waals surface area (Å²) in [6, 6.07) is 3.67. The molecule has 0 saturated carbocycles. The number of carbonyl (C=O) groups is 2. The monoisotopic (exact) mass is 289 g/mol. The van der Waals surface area contributed by atoms with Crippen molar-refractivity contribution in [1.82, 2.24) is 5.32 Å². The van der Waals surface area contributed by atoms with E-state index in [-0.39, 0.29) is 21.5 Å². The number of carboxylic acid groups (broad SMARTS) is 1. The number of carbonyl (C=O) groups excluding carboxylic acids is 1. The van der Waals surface area contributed by atoms with Crippen LogP contribution >= 0.6 is 23.2 Å². The van der Waals surface area contributed by atoms with Crippen LogP contribution in [0.5, 0.6) is 0 Å². The van der Waals surface area contributed by atoms with Gasteiger partial charge in [-0.15, -0.1) is 0 Å². The third-order valence-corrected chi connectivity index (χ3v) is 3.04. The molecule has 0 unspecified atom stereocenters. The van der Waals surface area contributed by atoms with E-state index in [4.69, 9.17) is 28.3 Å². The van der Waals surface area contributed by atoms with Gasteiger partial charge < -0.3 is 10.4 Å². The van der Waals surface area contributed by atoms with E-state index in [0.29, 0.717) is 0 Å². The van der Waals surface area contributed by atoms with Gasteiger partial charge in [0.2, 0.25) is 0 Å². The van der Waals surface area contributed by atoms with Gasteiger partial charge in [0.05, 0.1) is 15.6 Å². The average molecular weight is 290 g/mol. The summed E-state index contributed by atoms with van der Waals surface area (Å²) in [4.78, 5) is 23.0. The Morgan fingerprint density at radius 2 is 1.72 bits per heavy atom. The molecule has 0 aromatic heterocycles. The first-order valence-corrected chi connectivity index (χ1v) is 6.08. The van der Waals surface area contributed by atoms with E-state index in [9.17, 15) is 9.59 Å². The van der Waals surface area contributed by atoms with Crippen LogP contribution in [0.4, 0.5) is 0 Å². The van der Waals surface area contributed by atoms with E-state index in [1.807, 2.05) is 0 Å². The molecule has 0 bridgehead atoms. The Morgan fingerprint density at radius 3 is 2.11 bits per heavy atom. The van der Waals surface area contributed by atoms with Gasteiger partial charge in [0.1, 0.15) is 6.04 Å².